The van der Waals surface area contributed by atoms with Crippen molar-refractivity contribution in [2.24, 2.45) is 5.92 Å². The predicted molar refractivity (Wildman–Crippen MR) is 80.0 cm³/mol. The van der Waals surface area contributed by atoms with Crippen LogP contribution in [0.3, 0.4) is 0 Å². The van der Waals surface area contributed by atoms with Crippen LogP contribution in [0.2, 0.25) is 0 Å². The summed E-state index contributed by atoms with van der Waals surface area (Å²) in [5, 5.41) is 3.40. The number of hydrogen-bond donors (Lipinski definition) is 1. The van der Waals surface area contributed by atoms with Crippen molar-refractivity contribution < 1.29 is 9.47 Å². The van der Waals surface area contributed by atoms with Gasteiger partial charge in [0.2, 0.25) is 0 Å². The number of methoxy groups -OCH3 is 1. The zero-order valence-electron chi connectivity index (χ0n) is 12.5. The summed E-state index contributed by atoms with van der Waals surface area (Å²) in [6.45, 7) is 5.45. The maximum Gasteiger partial charge on any atom is 0.121 e. The Balaban J connectivity index is 2.38. The zero-order valence-corrected chi connectivity index (χ0v) is 12.5. The Kier molecular flexibility index (Phi) is 7.30. The molecule has 1 aromatic rings. The molecule has 0 aliphatic carbocycles. The Labute approximate surface area is 116 Å². The van der Waals surface area contributed by atoms with Crippen molar-refractivity contribution in [1.82, 2.24) is 4.90 Å². The van der Waals surface area contributed by atoms with Gasteiger partial charge in [0.15, 0.2) is 0 Å². The van der Waals surface area contributed by atoms with E-state index in [2.05, 4.69) is 23.2 Å². The maximum absolute atomic E-state index is 5.71. The third-order valence-corrected chi connectivity index (χ3v) is 2.75. The van der Waals surface area contributed by atoms with E-state index in [4.69, 9.17) is 9.47 Å². The molecular weight excluding hydrogens is 240 g/mol. The lowest BCUT2D eigenvalue weighted by molar-refractivity contribution is 0.164. The topological polar surface area (TPSA) is 33.7 Å². The van der Waals surface area contributed by atoms with Gasteiger partial charge in [-0.3, -0.25) is 0 Å². The second-order valence-electron chi connectivity index (χ2n) is 5.12. The largest absolute Gasteiger partial charge is 0.492 e. The van der Waals surface area contributed by atoms with E-state index in [0.29, 0.717) is 12.5 Å². The van der Waals surface area contributed by atoms with Gasteiger partial charge in [0.25, 0.3) is 0 Å². The van der Waals surface area contributed by atoms with Gasteiger partial charge in [0.1, 0.15) is 12.4 Å². The summed E-state index contributed by atoms with van der Waals surface area (Å²) in [4.78, 5) is 2.11. The molecule has 1 aromatic carbocycles. The molecular formula is C15H26N2O2. The van der Waals surface area contributed by atoms with Crippen molar-refractivity contribution in [1.29, 1.82) is 0 Å². The van der Waals surface area contributed by atoms with Crippen LogP contribution >= 0.6 is 0 Å². The van der Waals surface area contributed by atoms with E-state index in [0.717, 1.165) is 31.1 Å². The fourth-order valence-electron chi connectivity index (χ4n) is 1.68. The number of benzene rings is 1. The van der Waals surface area contributed by atoms with Gasteiger partial charge in [-0.15, -0.1) is 0 Å². The second kappa shape index (κ2) is 8.77. The second-order valence-corrected chi connectivity index (χ2v) is 5.12. The fourth-order valence-corrected chi connectivity index (χ4v) is 1.68. The molecule has 1 atom stereocenters. The van der Waals surface area contributed by atoms with Crippen molar-refractivity contribution in [3.05, 3.63) is 24.3 Å². The lowest BCUT2D eigenvalue weighted by Gasteiger charge is -2.14. The Hall–Kier alpha value is -1.26. The number of anilines is 1. The summed E-state index contributed by atoms with van der Waals surface area (Å²) in [5.74, 6) is 1.40. The van der Waals surface area contributed by atoms with Gasteiger partial charge < -0.3 is 19.7 Å². The zero-order chi connectivity index (χ0) is 14.1. The van der Waals surface area contributed by atoms with Gasteiger partial charge in [-0.25, -0.2) is 0 Å². The lowest BCUT2D eigenvalue weighted by atomic mass is 10.2. The molecule has 0 aromatic heterocycles. The highest BCUT2D eigenvalue weighted by molar-refractivity contribution is 5.48. The molecule has 0 bridgehead atoms. The molecule has 4 nitrogen and oxygen atoms in total. The van der Waals surface area contributed by atoms with Crippen LogP contribution in [0.1, 0.15) is 6.92 Å². The van der Waals surface area contributed by atoms with Crippen molar-refractivity contribution in [2.75, 3.05) is 52.8 Å². The molecule has 0 saturated carbocycles. The summed E-state index contributed by atoms with van der Waals surface area (Å²) in [5.41, 5.74) is 1.09. The summed E-state index contributed by atoms with van der Waals surface area (Å²) in [6.07, 6.45) is 0. The Morgan fingerprint density at radius 1 is 1.32 bits per heavy atom. The summed E-state index contributed by atoms with van der Waals surface area (Å²) < 4.78 is 10.8. The Morgan fingerprint density at radius 2 is 2.11 bits per heavy atom. The molecule has 0 saturated heterocycles. The van der Waals surface area contributed by atoms with Gasteiger partial charge in [-0.1, -0.05) is 13.0 Å². The first-order valence-electron chi connectivity index (χ1n) is 6.72. The fraction of sp³-hybridized carbons (Fsp3) is 0.600. The smallest absolute Gasteiger partial charge is 0.121 e. The van der Waals surface area contributed by atoms with Crippen LogP contribution in [0.25, 0.3) is 0 Å². The minimum atomic E-state index is 0.489. The Bertz CT molecular complexity index is 356. The highest BCUT2D eigenvalue weighted by atomic mass is 16.5. The molecule has 1 N–H and O–H groups in total. The molecule has 0 heterocycles. The van der Waals surface area contributed by atoms with Crippen LogP contribution in [0.4, 0.5) is 5.69 Å². The molecule has 1 unspecified atom stereocenters. The molecule has 0 spiro atoms. The number of likely N-dealkylation sites (N-methyl/N-ethyl adjacent to an activating group) is 1. The third-order valence-electron chi connectivity index (χ3n) is 2.75. The lowest BCUT2D eigenvalue weighted by Crippen LogP contribution is -2.19. The van der Waals surface area contributed by atoms with E-state index in [1.54, 1.807) is 7.11 Å². The third kappa shape index (κ3) is 7.03. The van der Waals surface area contributed by atoms with E-state index in [9.17, 15) is 0 Å². The molecule has 1 rings (SSSR count). The van der Waals surface area contributed by atoms with Crippen molar-refractivity contribution >= 4 is 5.69 Å². The highest BCUT2D eigenvalue weighted by Crippen LogP contribution is 2.17. The molecule has 0 radical (unpaired) electrons. The standard InChI is InChI=1S/C15H26N2O2/c1-13(12-18-4)11-16-14-6-5-7-15(10-14)19-9-8-17(2)3/h5-7,10,13,16H,8-9,11-12H2,1-4H3. The van der Waals surface area contributed by atoms with Crippen molar-refractivity contribution in [3.63, 3.8) is 0 Å². The molecule has 0 fully saturated rings. The quantitative estimate of drug-likeness (QED) is 0.744. The summed E-state index contributed by atoms with van der Waals surface area (Å²) >= 11 is 0. The minimum Gasteiger partial charge on any atom is -0.492 e. The van der Waals surface area contributed by atoms with E-state index >= 15 is 0 Å². The Morgan fingerprint density at radius 3 is 2.79 bits per heavy atom. The minimum absolute atomic E-state index is 0.489. The average Bonchev–Trinajstić information content (AvgIpc) is 2.37. The van der Waals surface area contributed by atoms with E-state index in [1.807, 2.05) is 32.3 Å². The molecule has 0 aliphatic heterocycles. The van der Waals surface area contributed by atoms with Crippen LogP contribution in [0.5, 0.6) is 5.75 Å². The van der Waals surface area contributed by atoms with Crippen LogP contribution in [-0.2, 0) is 4.74 Å². The van der Waals surface area contributed by atoms with E-state index in [-0.39, 0.29) is 0 Å². The first-order chi connectivity index (χ1) is 9.11. The van der Waals surface area contributed by atoms with Crippen LogP contribution in [0, 0.1) is 5.92 Å². The first-order valence-corrected chi connectivity index (χ1v) is 6.72. The molecule has 108 valence electrons. The van der Waals surface area contributed by atoms with Crippen molar-refractivity contribution in [2.45, 2.75) is 6.92 Å². The molecule has 19 heavy (non-hydrogen) atoms. The van der Waals surface area contributed by atoms with Gasteiger partial charge in [0.05, 0.1) is 6.61 Å². The van der Waals surface area contributed by atoms with E-state index in [1.165, 1.54) is 0 Å². The van der Waals surface area contributed by atoms with Gasteiger partial charge in [0, 0.05) is 32.0 Å². The van der Waals surface area contributed by atoms with E-state index < -0.39 is 0 Å². The van der Waals surface area contributed by atoms with Gasteiger partial charge in [-0.2, -0.15) is 0 Å². The number of ether oxygens (including phenoxy) is 2. The maximum atomic E-state index is 5.71. The highest BCUT2D eigenvalue weighted by Gasteiger charge is 2.02. The first kappa shape index (κ1) is 15.8. The van der Waals surface area contributed by atoms with Crippen LogP contribution in [0.15, 0.2) is 24.3 Å². The summed E-state index contributed by atoms with van der Waals surface area (Å²) in [7, 11) is 5.81. The van der Waals surface area contributed by atoms with Crippen LogP contribution < -0.4 is 10.1 Å². The SMILES string of the molecule is COCC(C)CNc1cccc(OCCN(C)C)c1. The number of nitrogens with zero attached hydrogens (tertiary/aromatic N) is 1. The number of nitrogens with one attached hydrogen (secondary N) is 1. The average molecular weight is 266 g/mol. The van der Waals surface area contributed by atoms with Crippen molar-refractivity contribution in [3.8, 4) is 5.75 Å². The molecule has 0 amide bonds. The predicted octanol–water partition coefficient (Wildman–Crippen LogP) is 2.32. The normalized spacial score (nSPS) is 12.5. The molecule has 4 heteroatoms. The van der Waals surface area contributed by atoms with Gasteiger partial charge >= 0.3 is 0 Å². The molecule has 0 aliphatic rings. The van der Waals surface area contributed by atoms with Gasteiger partial charge in [-0.05, 0) is 32.1 Å². The van der Waals surface area contributed by atoms with Crippen LogP contribution in [-0.4, -0.2) is 52.4 Å². The number of hydrogen-bond acceptors (Lipinski definition) is 4. The monoisotopic (exact) mass is 266 g/mol. The number of rotatable bonds is 9. The summed E-state index contributed by atoms with van der Waals surface area (Å²) in [6, 6.07) is 8.08.